The number of ether oxygens (including phenoxy) is 2. The predicted octanol–water partition coefficient (Wildman–Crippen LogP) is 2.89. The van der Waals surface area contributed by atoms with Crippen molar-refractivity contribution in [2.75, 3.05) is 0 Å². The van der Waals surface area contributed by atoms with E-state index in [1.807, 2.05) is 12.1 Å². The highest BCUT2D eigenvalue weighted by Crippen LogP contribution is 2.46. The second-order valence-electron chi connectivity index (χ2n) is 4.70. The summed E-state index contributed by atoms with van der Waals surface area (Å²) in [5.41, 5.74) is 0. The minimum Gasteiger partial charge on any atom is -0.504 e. The molecule has 3 heteroatoms. The Morgan fingerprint density at radius 3 is 3.06 bits per heavy atom. The normalized spacial score (nSPS) is 29.8. The molecule has 1 fully saturated rings. The van der Waals surface area contributed by atoms with Gasteiger partial charge in [0.1, 0.15) is 12.2 Å². The van der Waals surface area contributed by atoms with Gasteiger partial charge in [-0.25, -0.2) is 0 Å². The molecular weight excluding hydrogens is 216 g/mol. The molecule has 1 aliphatic heterocycles. The van der Waals surface area contributed by atoms with Crippen molar-refractivity contribution in [1.82, 2.24) is 0 Å². The predicted molar refractivity (Wildman–Crippen MR) is 64.5 cm³/mol. The fraction of sp³-hybridized carbons (Fsp3) is 0.429. The van der Waals surface area contributed by atoms with Gasteiger partial charge in [0.2, 0.25) is 5.75 Å². The first kappa shape index (κ1) is 10.5. The van der Waals surface area contributed by atoms with Crippen LogP contribution in [-0.4, -0.2) is 17.3 Å². The van der Waals surface area contributed by atoms with Gasteiger partial charge in [0.05, 0.1) is 0 Å². The first-order chi connectivity index (χ1) is 8.29. The summed E-state index contributed by atoms with van der Waals surface area (Å²) in [7, 11) is 0. The molecule has 17 heavy (non-hydrogen) atoms. The van der Waals surface area contributed by atoms with E-state index in [2.05, 4.69) is 6.58 Å². The zero-order valence-electron chi connectivity index (χ0n) is 9.63. The molecule has 1 aromatic carbocycles. The lowest BCUT2D eigenvalue weighted by molar-refractivity contribution is 0.0200. The van der Waals surface area contributed by atoms with Gasteiger partial charge in [0.15, 0.2) is 11.5 Å². The first-order valence-corrected chi connectivity index (χ1v) is 6.06. The van der Waals surface area contributed by atoms with Crippen LogP contribution in [0.1, 0.15) is 19.3 Å². The molecule has 1 saturated carbocycles. The van der Waals surface area contributed by atoms with Gasteiger partial charge < -0.3 is 14.6 Å². The number of hydrogen-bond acceptors (Lipinski definition) is 3. The van der Waals surface area contributed by atoms with E-state index in [1.54, 1.807) is 12.1 Å². The second kappa shape index (κ2) is 3.99. The molecule has 0 aromatic heterocycles. The van der Waals surface area contributed by atoms with Gasteiger partial charge in [-0.15, -0.1) is 6.58 Å². The van der Waals surface area contributed by atoms with E-state index in [9.17, 15) is 5.11 Å². The summed E-state index contributed by atoms with van der Waals surface area (Å²) in [6.45, 7) is 3.78. The van der Waals surface area contributed by atoms with Crippen LogP contribution in [0.15, 0.2) is 30.9 Å². The van der Waals surface area contributed by atoms with Crippen LogP contribution >= 0.6 is 0 Å². The maximum atomic E-state index is 9.72. The van der Waals surface area contributed by atoms with Crippen molar-refractivity contribution in [1.29, 1.82) is 0 Å². The summed E-state index contributed by atoms with van der Waals surface area (Å²) in [5, 5.41) is 9.72. The molecular formula is C14H16O3. The summed E-state index contributed by atoms with van der Waals surface area (Å²) in [5.74, 6) is 1.79. The number of hydrogen-bond donors (Lipinski definition) is 1. The van der Waals surface area contributed by atoms with Crippen LogP contribution in [0.4, 0.5) is 0 Å². The Bertz CT molecular complexity index is 441. The van der Waals surface area contributed by atoms with Crippen molar-refractivity contribution >= 4 is 0 Å². The second-order valence-corrected chi connectivity index (χ2v) is 4.70. The molecule has 1 aromatic rings. The molecule has 2 aliphatic rings. The summed E-state index contributed by atoms with van der Waals surface area (Å²) in [4.78, 5) is 0. The lowest BCUT2D eigenvalue weighted by atomic mass is 10.0. The van der Waals surface area contributed by atoms with E-state index in [-0.39, 0.29) is 18.0 Å². The summed E-state index contributed by atoms with van der Waals surface area (Å²) < 4.78 is 11.8. The third-order valence-corrected chi connectivity index (χ3v) is 3.61. The fourth-order valence-corrected chi connectivity index (χ4v) is 2.79. The number of benzene rings is 1. The topological polar surface area (TPSA) is 38.7 Å². The summed E-state index contributed by atoms with van der Waals surface area (Å²) in [6.07, 6.45) is 5.14. The van der Waals surface area contributed by atoms with Crippen LogP contribution in [0.2, 0.25) is 0 Å². The molecule has 1 heterocycles. The van der Waals surface area contributed by atoms with Crippen molar-refractivity contribution < 1.29 is 14.6 Å². The van der Waals surface area contributed by atoms with E-state index in [0.717, 1.165) is 19.3 Å². The number of para-hydroxylation sites is 1. The van der Waals surface area contributed by atoms with E-state index in [4.69, 9.17) is 9.47 Å². The van der Waals surface area contributed by atoms with Gasteiger partial charge in [-0.1, -0.05) is 12.1 Å². The molecule has 3 unspecified atom stereocenters. The highest BCUT2D eigenvalue weighted by atomic mass is 16.6. The Kier molecular flexibility index (Phi) is 2.46. The third-order valence-electron chi connectivity index (χ3n) is 3.61. The lowest BCUT2D eigenvalue weighted by Gasteiger charge is -2.32. The minimum absolute atomic E-state index is 0.0701. The molecule has 3 atom stereocenters. The van der Waals surface area contributed by atoms with Crippen molar-refractivity contribution in [3.63, 3.8) is 0 Å². The van der Waals surface area contributed by atoms with Crippen LogP contribution < -0.4 is 9.47 Å². The Morgan fingerprint density at radius 1 is 1.35 bits per heavy atom. The quantitative estimate of drug-likeness (QED) is 0.797. The number of rotatable bonds is 2. The van der Waals surface area contributed by atoms with Crippen LogP contribution in [0.25, 0.3) is 0 Å². The Morgan fingerprint density at radius 2 is 2.24 bits per heavy atom. The average molecular weight is 232 g/mol. The van der Waals surface area contributed by atoms with Gasteiger partial charge in [0.25, 0.3) is 0 Å². The first-order valence-electron chi connectivity index (χ1n) is 6.06. The van der Waals surface area contributed by atoms with Gasteiger partial charge in [0, 0.05) is 5.92 Å². The number of phenols is 1. The highest BCUT2D eigenvalue weighted by Gasteiger charge is 2.42. The molecule has 0 amide bonds. The zero-order chi connectivity index (χ0) is 11.8. The van der Waals surface area contributed by atoms with Crippen molar-refractivity contribution in [2.45, 2.75) is 31.5 Å². The maximum absolute atomic E-state index is 9.72. The molecule has 0 bridgehead atoms. The van der Waals surface area contributed by atoms with E-state index in [0.29, 0.717) is 17.4 Å². The standard InChI is InChI=1S/C14H16O3/c1-2-4-9-7-8-12-13(9)16-11-6-3-5-10(15)14(11)17-12/h2-3,5-6,9,12-13,15H,1,4,7-8H2. The molecule has 1 N–H and O–H groups in total. The van der Waals surface area contributed by atoms with Gasteiger partial charge in [-0.2, -0.15) is 0 Å². The Balaban J connectivity index is 1.89. The van der Waals surface area contributed by atoms with Crippen molar-refractivity contribution in [3.8, 4) is 17.2 Å². The van der Waals surface area contributed by atoms with E-state index in [1.165, 1.54) is 0 Å². The van der Waals surface area contributed by atoms with Crippen LogP contribution in [0.3, 0.4) is 0 Å². The number of aromatic hydroxyl groups is 1. The largest absolute Gasteiger partial charge is 0.504 e. The molecule has 1 aliphatic carbocycles. The third kappa shape index (κ3) is 1.66. The number of allylic oxidation sites excluding steroid dienone is 1. The van der Waals surface area contributed by atoms with Crippen molar-refractivity contribution in [3.05, 3.63) is 30.9 Å². The monoisotopic (exact) mass is 232 g/mol. The maximum Gasteiger partial charge on any atom is 0.203 e. The molecule has 0 radical (unpaired) electrons. The lowest BCUT2D eigenvalue weighted by Crippen LogP contribution is -2.38. The van der Waals surface area contributed by atoms with Crippen LogP contribution in [-0.2, 0) is 0 Å². The number of fused-ring (bicyclic) bond motifs is 2. The molecule has 90 valence electrons. The highest BCUT2D eigenvalue weighted by molar-refractivity contribution is 5.51. The SMILES string of the molecule is C=CCC1CCC2Oc3c(O)cccc3OC12. The van der Waals surface area contributed by atoms with Crippen LogP contribution in [0.5, 0.6) is 17.2 Å². The summed E-state index contributed by atoms with van der Waals surface area (Å²) in [6, 6.07) is 5.24. The molecule has 3 nitrogen and oxygen atoms in total. The summed E-state index contributed by atoms with van der Waals surface area (Å²) >= 11 is 0. The van der Waals surface area contributed by atoms with Crippen molar-refractivity contribution in [2.24, 2.45) is 5.92 Å². The Labute approximate surface area is 101 Å². The van der Waals surface area contributed by atoms with E-state index < -0.39 is 0 Å². The zero-order valence-corrected chi connectivity index (χ0v) is 9.63. The number of phenolic OH excluding ortho intramolecular Hbond substituents is 1. The van der Waals surface area contributed by atoms with Gasteiger partial charge in [-0.3, -0.25) is 0 Å². The Hall–Kier alpha value is -1.64. The van der Waals surface area contributed by atoms with Crippen LogP contribution in [0, 0.1) is 5.92 Å². The molecule has 0 spiro atoms. The van der Waals surface area contributed by atoms with Gasteiger partial charge >= 0.3 is 0 Å². The van der Waals surface area contributed by atoms with E-state index >= 15 is 0 Å². The molecule has 3 rings (SSSR count). The minimum atomic E-state index is 0.0701. The fourth-order valence-electron chi connectivity index (χ4n) is 2.79. The smallest absolute Gasteiger partial charge is 0.203 e. The average Bonchev–Trinajstić information content (AvgIpc) is 2.71. The molecule has 0 saturated heterocycles. The van der Waals surface area contributed by atoms with Gasteiger partial charge in [-0.05, 0) is 31.4 Å².